The maximum atomic E-state index is 7.05. The summed E-state index contributed by atoms with van der Waals surface area (Å²) in [6.45, 7) is 0. The molecule has 3 heteroatoms. The van der Waals surface area contributed by atoms with Crippen molar-refractivity contribution >= 4 is 5.69 Å². The molecule has 1 rings (SSSR count). The van der Waals surface area contributed by atoms with Crippen LogP contribution in [0.5, 0.6) is 5.88 Å². The normalized spacial score (nSPS) is 9.00. The summed E-state index contributed by atoms with van der Waals surface area (Å²) in [6.07, 6.45) is 1.44. The number of methoxy groups -OCH3 is 1. The van der Waals surface area contributed by atoms with Gasteiger partial charge in [-0.3, -0.25) is 5.73 Å². The smallest absolute Gasteiger partial charge is 0.213 e. The molecule has 0 aliphatic heterocycles. The van der Waals surface area contributed by atoms with Gasteiger partial charge in [-0.25, -0.2) is 4.98 Å². The van der Waals surface area contributed by atoms with Crippen molar-refractivity contribution in [3.63, 3.8) is 0 Å². The van der Waals surface area contributed by atoms with Gasteiger partial charge in [0.1, 0.15) is 0 Å². The number of nitrogens with one attached hydrogen (secondary N) is 1. The second-order valence-corrected chi connectivity index (χ2v) is 1.59. The Kier molecular flexibility index (Phi) is 1.53. The SMILES string of the molecule is COc1ccc([NH])cn1. The van der Waals surface area contributed by atoms with E-state index >= 15 is 0 Å². The van der Waals surface area contributed by atoms with Crippen molar-refractivity contribution in [2.45, 2.75) is 0 Å². The van der Waals surface area contributed by atoms with Crippen molar-refractivity contribution in [2.24, 2.45) is 0 Å². The van der Waals surface area contributed by atoms with Gasteiger partial charge in [0.15, 0.2) is 0 Å². The summed E-state index contributed by atoms with van der Waals surface area (Å²) in [7, 11) is 1.55. The largest absolute Gasteiger partial charge is 0.481 e. The fourth-order valence-corrected chi connectivity index (χ4v) is 0.501. The van der Waals surface area contributed by atoms with Crippen LogP contribution in [0.3, 0.4) is 0 Å². The molecule has 0 amide bonds. The zero-order valence-corrected chi connectivity index (χ0v) is 5.09. The first-order chi connectivity index (χ1) is 4.33. The molecule has 0 fully saturated rings. The first kappa shape index (κ1) is 5.88. The van der Waals surface area contributed by atoms with E-state index in [0.717, 1.165) is 0 Å². The molecule has 0 saturated carbocycles. The third-order valence-electron chi connectivity index (χ3n) is 0.945. The van der Waals surface area contributed by atoms with Crippen LogP contribution in [0, 0.1) is 0 Å². The minimum Gasteiger partial charge on any atom is -0.481 e. The van der Waals surface area contributed by atoms with E-state index in [-0.39, 0.29) is 0 Å². The van der Waals surface area contributed by atoms with Gasteiger partial charge in [-0.2, -0.15) is 0 Å². The molecule has 1 N–H and O–H groups in total. The lowest BCUT2D eigenvalue weighted by molar-refractivity contribution is 0.398. The van der Waals surface area contributed by atoms with E-state index in [0.29, 0.717) is 11.6 Å². The number of aromatic nitrogens is 1. The summed E-state index contributed by atoms with van der Waals surface area (Å²) >= 11 is 0. The molecule has 0 atom stereocenters. The highest BCUT2D eigenvalue weighted by Gasteiger charge is 1.88. The monoisotopic (exact) mass is 123 g/mol. The highest BCUT2D eigenvalue weighted by molar-refractivity contribution is 5.31. The van der Waals surface area contributed by atoms with Gasteiger partial charge in [-0.15, -0.1) is 0 Å². The van der Waals surface area contributed by atoms with E-state index in [1.165, 1.54) is 6.20 Å². The van der Waals surface area contributed by atoms with E-state index in [1.807, 2.05) is 0 Å². The number of ether oxygens (including phenoxy) is 1. The zero-order chi connectivity index (χ0) is 6.69. The molecule has 1 aromatic heterocycles. The summed E-state index contributed by atoms with van der Waals surface area (Å²) in [5.74, 6) is 0.547. The number of hydrogen-bond acceptors (Lipinski definition) is 2. The molecule has 0 aliphatic rings. The second-order valence-electron chi connectivity index (χ2n) is 1.59. The lowest BCUT2D eigenvalue weighted by Crippen LogP contribution is -1.84. The average Bonchev–Trinajstić information content (AvgIpc) is 1.90. The van der Waals surface area contributed by atoms with Crippen LogP contribution in [0.25, 0.3) is 0 Å². The first-order valence-electron chi connectivity index (χ1n) is 2.54. The standard InChI is InChI=1S/C6H7N2O/c1-9-6-3-2-5(7)4-8-6/h2-4,7H,1H3. The fourth-order valence-electron chi connectivity index (χ4n) is 0.501. The van der Waals surface area contributed by atoms with Crippen molar-refractivity contribution in [1.29, 1.82) is 0 Å². The molecular formula is C6H7N2O. The lowest BCUT2D eigenvalue weighted by Gasteiger charge is -1.95. The predicted molar refractivity (Wildman–Crippen MR) is 33.5 cm³/mol. The van der Waals surface area contributed by atoms with Crippen molar-refractivity contribution in [3.05, 3.63) is 18.3 Å². The minimum absolute atomic E-state index is 0.399. The summed E-state index contributed by atoms with van der Waals surface area (Å²) in [6, 6.07) is 3.29. The topological polar surface area (TPSA) is 45.9 Å². The van der Waals surface area contributed by atoms with E-state index < -0.39 is 0 Å². The Balaban J connectivity index is 2.88. The van der Waals surface area contributed by atoms with E-state index in [4.69, 9.17) is 10.5 Å². The maximum Gasteiger partial charge on any atom is 0.213 e. The highest BCUT2D eigenvalue weighted by atomic mass is 16.5. The van der Waals surface area contributed by atoms with Crippen molar-refractivity contribution in [3.8, 4) is 5.88 Å². The average molecular weight is 123 g/mol. The van der Waals surface area contributed by atoms with Crippen LogP contribution < -0.4 is 10.5 Å². The molecule has 0 bridgehead atoms. The number of nitrogens with zero attached hydrogens (tertiary/aromatic N) is 1. The van der Waals surface area contributed by atoms with Crippen molar-refractivity contribution in [1.82, 2.24) is 10.7 Å². The van der Waals surface area contributed by atoms with Gasteiger partial charge in [-0.05, 0) is 6.07 Å². The van der Waals surface area contributed by atoms with Gasteiger partial charge in [-0.1, -0.05) is 0 Å². The molecule has 0 aliphatic carbocycles. The Bertz CT molecular complexity index is 183. The summed E-state index contributed by atoms with van der Waals surface area (Å²) < 4.78 is 4.77. The van der Waals surface area contributed by atoms with Crippen LogP contribution >= 0.6 is 0 Å². The molecule has 0 unspecified atom stereocenters. The van der Waals surface area contributed by atoms with Crippen LogP contribution in [0.2, 0.25) is 0 Å². The molecular weight excluding hydrogens is 116 g/mol. The fraction of sp³-hybridized carbons (Fsp3) is 0.167. The lowest BCUT2D eigenvalue weighted by atomic mass is 10.4. The van der Waals surface area contributed by atoms with Crippen LogP contribution in [0.1, 0.15) is 0 Å². The van der Waals surface area contributed by atoms with Crippen molar-refractivity contribution < 1.29 is 4.74 Å². The van der Waals surface area contributed by atoms with Crippen LogP contribution in [0.4, 0.5) is 5.69 Å². The van der Waals surface area contributed by atoms with Gasteiger partial charge >= 0.3 is 0 Å². The zero-order valence-electron chi connectivity index (χ0n) is 5.09. The Morgan fingerprint density at radius 2 is 2.33 bits per heavy atom. The Hall–Kier alpha value is -1.25. The van der Waals surface area contributed by atoms with E-state index in [2.05, 4.69) is 4.98 Å². The third kappa shape index (κ3) is 1.32. The Morgan fingerprint density at radius 1 is 1.56 bits per heavy atom. The number of rotatable bonds is 1. The Morgan fingerprint density at radius 3 is 2.78 bits per heavy atom. The minimum atomic E-state index is 0.399. The molecule has 47 valence electrons. The highest BCUT2D eigenvalue weighted by Crippen LogP contribution is 2.07. The predicted octanol–water partition coefficient (Wildman–Crippen LogP) is 1.00. The number of pyridine rings is 1. The molecule has 3 nitrogen and oxygen atoms in total. The summed E-state index contributed by atoms with van der Waals surface area (Å²) in [5, 5.41) is 0. The number of hydrogen-bond donors (Lipinski definition) is 0. The van der Waals surface area contributed by atoms with E-state index in [1.54, 1.807) is 19.2 Å². The molecule has 0 spiro atoms. The molecule has 1 radical (unpaired) electrons. The van der Waals surface area contributed by atoms with Gasteiger partial charge < -0.3 is 4.74 Å². The van der Waals surface area contributed by atoms with Gasteiger partial charge in [0.2, 0.25) is 5.88 Å². The van der Waals surface area contributed by atoms with Crippen LogP contribution in [0.15, 0.2) is 18.3 Å². The maximum absolute atomic E-state index is 7.05. The first-order valence-corrected chi connectivity index (χ1v) is 2.54. The molecule has 0 saturated heterocycles. The van der Waals surface area contributed by atoms with Gasteiger partial charge in [0.05, 0.1) is 19.0 Å². The Labute approximate surface area is 53.5 Å². The molecule has 0 aromatic carbocycles. The van der Waals surface area contributed by atoms with Crippen LogP contribution in [-0.2, 0) is 0 Å². The molecule has 1 heterocycles. The quantitative estimate of drug-likeness (QED) is 0.559. The second kappa shape index (κ2) is 2.35. The summed E-state index contributed by atoms with van der Waals surface area (Å²) in [5.41, 5.74) is 7.45. The van der Waals surface area contributed by atoms with Crippen molar-refractivity contribution in [2.75, 3.05) is 7.11 Å². The third-order valence-corrected chi connectivity index (χ3v) is 0.945. The van der Waals surface area contributed by atoms with Gasteiger partial charge in [0.25, 0.3) is 0 Å². The van der Waals surface area contributed by atoms with Crippen LogP contribution in [-0.4, -0.2) is 12.1 Å². The van der Waals surface area contributed by atoms with E-state index in [9.17, 15) is 0 Å². The molecule has 1 aromatic rings. The molecule has 9 heavy (non-hydrogen) atoms. The van der Waals surface area contributed by atoms with Gasteiger partial charge in [0, 0.05) is 6.07 Å². The summed E-state index contributed by atoms with van der Waals surface area (Å²) in [4.78, 5) is 3.79.